The number of benzene rings is 3. The van der Waals surface area contributed by atoms with E-state index in [2.05, 4.69) is 26.6 Å². The van der Waals surface area contributed by atoms with Gasteiger partial charge in [0.15, 0.2) is 18.1 Å². The summed E-state index contributed by atoms with van der Waals surface area (Å²) in [6, 6.07) is 21.1. The maximum atomic E-state index is 12.4. The Hall–Kier alpha value is -3.32. The van der Waals surface area contributed by atoms with E-state index in [0.29, 0.717) is 32.9 Å². The lowest BCUT2D eigenvalue weighted by Gasteiger charge is -2.11. The van der Waals surface area contributed by atoms with Crippen molar-refractivity contribution in [3.8, 4) is 11.5 Å². The second-order valence-electron chi connectivity index (χ2n) is 6.00. The Bertz CT molecular complexity index is 1020. The molecule has 3 aromatic carbocycles. The number of para-hydroxylation sites is 2. The first kappa shape index (κ1) is 20.4. The van der Waals surface area contributed by atoms with E-state index >= 15 is 0 Å². The fourth-order valence-electron chi connectivity index (χ4n) is 2.60. The van der Waals surface area contributed by atoms with Crippen LogP contribution in [-0.2, 0) is 4.79 Å². The highest BCUT2D eigenvalue weighted by Gasteiger charge is 2.11. The van der Waals surface area contributed by atoms with Gasteiger partial charge in [0.1, 0.15) is 0 Å². The molecule has 2 amide bonds. The summed E-state index contributed by atoms with van der Waals surface area (Å²) in [5.41, 5.74) is 1.63. The van der Waals surface area contributed by atoms with Gasteiger partial charge < -0.3 is 20.1 Å². The van der Waals surface area contributed by atoms with Crippen molar-refractivity contribution in [1.29, 1.82) is 0 Å². The van der Waals surface area contributed by atoms with Gasteiger partial charge in [0.25, 0.3) is 11.8 Å². The molecule has 0 saturated carbocycles. The zero-order valence-corrected chi connectivity index (χ0v) is 17.2. The lowest BCUT2D eigenvalue weighted by atomic mass is 10.2. The predicted octanol–water partition coefficient (Wildman–Crippen LogP) is 4.73. The molecule has 0 unspecified atom stereocenters. The molecule has 0 atom stereocenters. The lowest BCUT2D eigenvalue weighted by molar-refractivity contribution is -0.118. The van der Waals surface area contributed by atoms with E-state index in [0.717, 1.165) is 0 Å². The van der Waals surface area contributed by atoms with Crippen LogP contribution in [0.3, 0.4) is 0 Å². The third-order valence-corrected chi connectivity index (χ3v) is 4.64. The van der Waals surface area contributed by atoms with Crippen LogP contribution < -0.4 is 20.1 Å². The minimum atomic E-state index is -0.329. The van der Waals surface area contributed by atoms with E-state index in [9.17, 15) is 9.59 Å². The molecule has 3 aromatic rings. The normalized spacial score (nSPS) is 10.1. The fourth-order valence-corrected chi connectivity index (χ4v) is 3.06. The smallest absolute Gasteiger partial charge is 0.262 e. The summed E-state index contributed by atoms with van der Waals surface area (Å²) in [7, 11) is 1.54. The number of nitrogens with one attached hydrogen (secondary N) is 2. The Morgan fingerprint density at radius 1 is 0.862 bits per heavy atom. The van der Waals surface area contributed by atoms with E-state index in [-0.39, 0.29) is 18.4 Å². The van der Waals surface area contributed by atoms with Crippen LogP contribution in [0.15, 0.2) is 77.3 Å². The van der Waals surface area contributed by atoms with Gasteiger partial charge in [-0.15, -0.1) is 0 Å². The molecular weight excluding hydrogens is 436 g/mol. The second kappa shape index (κ2) is 9.75. The summed E-state index contributed by atoms with van der Waals surface area (Å²) in [5, 5.41) is 5.57. The quantitative estimate of drug-likeness (QED) is 0.540. The maximum Gasteiger partial charge on any atom is 0.262 e. The van der Waals surface area contributed by atoms with Gasteiger partial charge >= 0.3 is 0 Å². The summed E-state index contributed by atoms with van der Waals surface area (Å²) in [4.78, 5) is 24.6. The first-order chi connectivity index (χ1) is 14.1. The third kappa shape index (κ3) is 5.58. The number of hydrogen-bond acceptors (Lipinski definition) is 4. The van der Waals surface area contributed by atoms with Crippen molar-refractivity contribution in [3.05, 3.63) is 82.8 Å². The number of carbonyl (C=O) groups excluding carboxylic acids is 2. The SMILES string of the molecule is COc1ccccc1OCC(=O)Nc1cccc(NC(=O)c2ccccc2Br)c1. The highest BCUT2D eigenvalue weighted by atomic mass is 79.9. The highest BCUT2D eigenvalue weighted by Crippen LogP contribution is 2.25. The first-order valence-electron chi connectivity index (χ1n) is 8.78. The van der Waals surface area contributed by atoms with Crippen molar-refractivity contribution in [2.45, 2.75) is 0 Å². The molecule has 6 nitrogen and oxygen atoms in total. The monoisotopic (exact) mass is 454 g/mol. The van der Waals surface area contributed by atoms with Crippen LogP contribution in [-0.4, -0.2) is 25.5 Å². The minimum absolute atomic E-state index is 0.173. The van der Waals surface area contributed by atoms with E-state index in [1.807, 2.05) is 12.1 Å². The van der Waals surface area contributed by atoms with Gasteiger partial charge in [-0.1, -0.05) is 30.3 Å². The molecule has 7 heteroatoms. The Morgan fingerprint density at radius 3 is 2.24 bits per heavy atom. The van der Waals surface area contributed by atoms with Crippen molar-refractivity contribution < 1.29 is 19.1 Å². The molecule has 0 aromatic heterocycles. The van der Waals surface area contributed by atoms with Crippen LogP contribution in [0.5, 0.6) is 11.5 Å². The Kier molecular flexibility index (Phi) is 6.86. The molecule has 148 valence electrons. The zero-order valence-electron chi connectivity index (χ0n) is 15.6. The summed E-state index contributed by atoms with van der Waals surface area (Å²) in [5.74, 6) is 0.460. The largest absolute Gasteiger partial charge is 0.493 e. The third-order valence-electron chi connectivity index (χ3n) is 3.95. The molecule has 3 rings (SSSR count). The van der Waals surface area contributed by atoms with Crippen LogP contribution in [0, 0.1) is 0 Å². The van der Waals surface area contributed by atoms with Crippen molar-refractivity contribution in [3.63, 3.8) is 0 Å². The van der Waals surface area contributed by atoms with Crippen LogP contribution in [0.2, 0.25) is 0 Å². The lowest BCUT2D eigenvalue weighted by Crippen LogP contribution is -2.20. The molecule has 0 aliphatic rings. The van der Waals surface area contributed by atoms with E-state index in [4.69, 9.17) is 9.47 Å². The van der Waals surface area contributed by atoms with E-state index in [1.165, 1.54) is 7.11 Å². The van der Waals surface area contributed by atoms with Crippen LogP contribution in [0.25, 0.3) is 0 Å². The van der Waals surface area contributed by atoms with Crippen molar-refractivity contribution in [2.75, 3.05) is 24.4 Å². The van der Waals surface area contributed by atoms with Gasteiger partial charge in [-0.3, -0.25) is 9.59 Å². The highest BCUT2D eigenvalue weighted by molar-refractivity contribution is 9.10. The number of halogens is 1. The molecule has 0 spiro atoms. The molecule has 0 bridgehead atoms. The minimum Gasteiger partial charge on any atom is -0.493 e. The average Bonchev–Trinajstić information content (AvgIpc) is 2.73. The van der Waals surface area contributed by atoms with E-state index in [1.54, 1.807) is 60.7 Å². The summed E-state index contributed by atoms with van der Waals surface area (Å²) in [6.07, 6.45) is 0. The molecule has 2 N–H and O–H groups in total. The summed E-state index contributed by atoms with van der Waals surface area (Å²) < 4.78 is 11.4. The second-order valence-corrected chi connectivity index (χ2v) is 6.86. The van der Waals surface area contributed by atoms with Crippen LogP contribution in [0.4, 0.5) is 11.4 Å². The molecule has 0 radical (unpaired) electrons. The van der Waals surface area contributed by atoms with Crippen molar-refractivity contribution >= 4 is 39.1 Å². The number of carbonyl (C=O) groups is 2. The molecule has 0 heterocycles. The number of methoxy groups -OCH3 is 1. The van der Waals surface area contributed by atoms with Gasteiger partial charge in [0, 0.05) is 15.8 Å². The van der Waals surface area contributed by atoms with Crippen LogP contribution in [0.1, 0.15) is 10.4 Å². The number of rotatable bonds is 7. The number of ether oxygens (including phenoxy) is 2. The standard InChI is InChI=1S/C22H19BrN2O4/c1-28-19-11-4-5-12-20(19)29-14-21(26)24-15-7-6-8-16(13-15)25-22(27)17-9-2-3-10-18(17)23/h2-13H,14H2,1H3,(H,24,26)(H,25,27). The van der Waals surface area contributed by atoms with Crippen molar-refractivity contribution in [1.82, 2.24) is 0 Å². The number of amides is 2. The van der Waals surface area contributed by atoms with Gasteiger partial charge in [-0.2, -0.15) is 0 Å². The topological polar surface area (TPSA) is 76.7 Å². The summed E-state index contributed by atoms with van der Waals surface area (Å²) >= 11 is 3.36. The molecule has 0 fully saturated rings. The number of hydrogen-bond donors (Lipinski definition) is 2. The molecular formula is C22H19BrN2O4. The average molecular weight is 455 g/mol. The fraction of sp³-hybridized carbons (Fsp3) is 0.0909. The van der Waals surface area contributed by atoms with Gasteiger partial charge in [0.05, 0.1) is 12.7 Å². The van der Waals surface area contributed by atoms with Gasteiger partial charge in [-0.05, 0) is 58.4 Å². The molecule has 0 aliphatic carbocycles. The molecule has 29 heavy (non-hydrogen) atoms. The summed E-state index contributed by atoms with van der Waals surface area (Å²) in [6.45, 7) is -0.173. The van der Waals surface area contributed by atoms with Gasteiger partial charge in [-0.25, -0.2) is 0 Å². The van der Waals surface area contributed by atoms with Gasteiger partial charge in [0.2, 0.25) is 0 Å². The Balaban J connectivity index is 1.60. The maximum absolute atomic E-state index is 12.4. The van der Waals surface area contributed by atoms with E-state index < -0.39 is 0 Å². The Labute approximate surface area is 177 Å². The Morgan fingerprint density at radius 2 is 1.52 bits per heavy atom. The zero-order chi connectivity index (χ0) is 20.6. The molecule has 0 aliphatic heterocycles. The molecule has 0 saturated heterocycles. The first-order valence-corrected chi connectivity index (χ1v) is 9.58. The van der Waals surface area contributed by atoms with Crippen LogP contribution >= 0.6 is 15.9 Å². The van der Waals surface area contributed by atoms with Crippen molar-refractivity contribution in [2.24, 2.45) is 0 Å². The number of anilines is 2. The predicted molar refractivity (Wildman–Crippen MR) is 116 cm³/mol.